The number of rotatable bonds is 10. The number of aliphatic carboxylic acids is 1. The summed E-state index contributed by atoms with van der Waals surface area (Å²) in [6.45, 7) is 3.85. The Morgan fingerprint density at radius 1 is 1.11 bits per heavy atom. The highest BCUT2D eigenvalue weighted by atomic mass is 19.1. The summed E-state index contributed by atoms with van der Waals surface area (Å²) in [5.74, 6) is -1.71. The van der Waals surface area contributed by atoms with Crippen molar-refractivity contribution in [2.75, 3.05) is 7.11 Å². The quantitative estimate of drug-likeness (QED) is 0.303. The fourth-order valence-corrected chi connectivity index (χ4v) is 5.09. The first-order chi connectivity index (χ1) is 17.8. The van der Waals surface area contributed by atoms with Crippen LogP contribution < -0.4 is 9.47 Å². The summed E-state index contributed by atoms with van der Waals surface area (Å²) in [4.78, 5) is 11.3. The predicted octanol–water partition coefficient (Wildman–Crippen LogP) is 8.00. The highest BCUT2D eigenvalue weighted by Crippen LogP contribution is 2.43. The van der Waals surface area contributed by atoms with Gasteiger partial charge in [-0.3, -0.25) is 4.79 Å². The van der Waals surface area contributed by atoms with Crippen molar-refractivity contribution in [3.63, 3.8) is 0 Å². The van der Waals surface area contributed by atoms with Gasteiger partial charge in [0.05, 0.1) is 13.5 Å². The second-order valence-electron chi connectivity index (χ2n) is 9.51. The van der Waals surface area contributed by atoms with E-state index in [2.05, 4.69) is 13.0 Å². The Balaban J connectivity index is 1.75. The van der Waals surface area contributed by atoms with Crippen molar-refractivity contribution in [1.29, 1.82) is 0 Å². The summed E-state index contributed by atoms with van der Waals surface area (Å²) in [7, 11) is 1.44. The van der Waals surface area contributed by atoms with Crippen LogP contribution >= 0.6 is 0 Å². The molecule has 0 unspecified atom stereocenters. The van der Waals surface area contributed by atoms with Gasteiger partial charge in [-0.1, -0.05) is 50.3 Å². The fourth-order valence-electron chi connectivity index (χ4n) is 5.09. The lowest BCUT2D eigenvalue weighted by Crippen LogP contribution is -2.09. The number of ether oxygens (including phenoxy) is 2. The summed E-state index contributed by atoms with van der Waals surface area (Å²) in [6, 6.07) is 15.7. The second kappa shape index (κ2) is 11.6. The molecule has 2 atom stereocenters. The summed E-state index contributed by atoms with van der Waals surface area (Å²) in [6.07, 6.45) is 4.47. The van der Waals surface area contributed by atoms with Crippen molar-refractivity contribution in [1.82, 2.24) is 0 Å². The van der Waals surface area contributed by atoms with Gasteiger partial charge >= 0.3 is 5.97 Å². The van der Waals surface area contributed by atoms with Gasteiger partial charge in [0.2, 0.25) is 0 Å². The topological polar surface area (TPSA) is 55.8 Å². The van der Waals surface area contributed by atoms with Gasteiger partial charge in [0.15, 0.2) is 11.6 Å². The highest BCUT2D eigenvalue weighted by molar-refractivity contribution is 5.80. The molecule has 37 heavy (non-hydrogen) atoms. The van der Waals surface area contributed by atoms with Gasteiger partial charge in [-0.05, 0) is 71.6 Å². The maximum absolute atomic E-state index is 16.1. The van der Waals surface area contributed by atoms with Crippen LogP contribution in [0.1, 0.15) is 62.1 Å². The maximum atomic E-state index is 16.1. The van der Waals surface area contributed by atoms with Crippen molar-refractivity contribution in [3.05, 3.63) is 89.0 Å². The van der Waals surface area contributed by atoms with Crippen molar-refractivity contribution < 1.29 is 28.2 Å². The molecular formula is C31H32F2O4. The number of allylic oxidation sites excluding steroid dienone is 2. The van der Waals surface area contributed by atoms with Gasteiger partial charge < -0.3 is 14.6 Å². The molecular weight excluding hydrogens is 474 g/mol. The number of methoxy groups -OCH3 is 1. The normalized spacial score (nSPS) is 15.8. The smallest absolute Gasteiger partial charge is 0.303 e. The van der Waals surface area contributed by atoms with E-state index in [-0.39, 0.29) is 36.4 Å². The molecule has 0 saturated carbocycles. The molecule has 0 aliphatic heterocycles. The van der Waals surface area contributed by atoms with Crippen LogP contribution in [0.25, 0.3) is 16.7 Å². The minimum absolute atomic E-state index is 0.109. The molecule has 1 N–H and O–H groups in total. The van der Waals surface area contributed by atoms with Crippen LogP contribution in [-0.2, 0) is 11.4 Å². The molecule has 3 aromatic rings. The Morgan fingerprint density at radius 3 is 2.49 bits per heavy atom. The molecule has 0 radical (unpaired) electrons. The van der Waals surface area contributed by atoms with Crippen molar-refractivity contribution in [2.24, 2.45) is 5.92 Å². The van der Waals surface area contributed by atoms with Crippen LogP contribution in [0.5, 0.6) is 11.5 Å². The first-order valence-corrected chi connectivity index (χ1v) is 12.6. The molecule has 1 aliphatic rings. The van der Waals surface area contributed by atoms with Crippen LogP contribution in [0, 0.1) is 17.6 Å². The third kappa shape index (κ3) is 5.85. The van der Waals surface area contributed by atoms with Crippen LogP contribution in [-0.4, -0.2) is 18.2 Å². The third-order valence-corrected chi connectivity index (χ3v) is 7.08. The SMILES string of the molecule is CC[C@@H](CC(=O)O)c1cc(F)cc(OCc2c(C3=CCC[C@@H]3C)cc(-c3ccccc3)c(OC)c2F)c1. The highest BCUT2D eigenvalue weighted by Gasteiger charge is 2.26. The average molecular weight is 507 g/mol. The van der Waals surface area contributed by atoms with E-state index in [9.17, 15) is 14.3 Å². The number of carboxylic acids is 1. The van der Waals surface area contributed by atoms with Crippen LogP contribution in [0.15, 0.2) is 60.7 Å². The number of hydrogen-bond acceptors (Lipinski definition) is 3. The fraction of sp³-hybridized carbons (Fsp3) is 0.323. The number of carboxylic acid groups (broad SMARTS) is 1. The number of carbonyl (C=O) groups is 1. The lowest BCUT2D eigenvalue weighted by Gasteiger charge is -2.21. The molecule has 4 nitrogen and oxygen atoms in total. The molecule has 1 aliphatic carbocycles. The minimum atomic E-state index is -0.949. The molecule has 0 heterocycles. The predicted molar refractivity (Wildman–Crippen MR) is 141 cm³/mol. The molecule has 4 rings (SSSR count). The monoisotopic (exact) mass is 506 g/mol. The van der Waals surface area contributed by atoms with Crippen LogP contribution in [0.2, 0.25) is 0 Å². The van der Waals surface area contributed by atoms with Crippen LogP contribution in [0.3, 0.4) is 0 Å². The molecule has 0 bridgehead atoms. The number of benzene rings is 3. The first kappa shape index (κ1) is 26.4. The number of halogens is 2. The largest absolute Gasteiger partial charge is 0.493 e. The zero-order chi connectivity index (χ0) is 26.5. The van der Waals surface area contributed by atoms with Gasteiger partial charge in [-0.2, -0.15) is 0 Å². The first-order valence-electron chi connectivity index (χ1n) is 12.6. The Labute approximate surface area is 216 Å². The molecule has 0 amide bonds. The average Bonchev–Trinajstić information content (AvgIpc) is 3.31. The summed E-state index contributed by atoms with van der Waals surface area (Å²) in [5, 5.41) is 9.22. The van der Waals surface area contributed by atoms with Gasteiger partial charge in [0, 0.05) is 17.2 Å². The minimum Gasteiger partial charge on any atom is -0.493 e. The molecule has 3 aromatic carbocycles. The molecule has 0 saturated heterocycles. The van der Waals surface area contributed by atoms with Crippen molar-refractivity contribution in [2.45, 2.75) is 52.1 Å². The van der Waals surface area contributed by atoms with Gasteiger partial charge in [-0.15, -0.1) is 0 Å². The summed E-state index contributed by atoms with van der Waals surface area (Å²) >= 11 is 0. The zero-order valence-corrected chi connectivity index (χ0v) is 21.4. The molecule has 0 spiro atoms. The van der Waals surface area contributed by atoms with Gasteiger partial charge in [0.25, 0.3) is 0 Å². The summed E-state index contributed by atoms with van der Waals surface area (Å²) in [5.41, 5.74) is 4.22. The van der Waals surface area contributed by atoms with E-state index in [4.69, 9.17) is 9.47 Å². The van der Waals surface area contributed by atoms with Crippen LogP contribution in [0.4, 0.5) is 8.78 Å². The van der Waals surface area contributed by atoms with Gasteiger partial charge in [0.1, 0.15) is 18.2 Å². The third-order valence-electron chi connectivity index (χ3n) is 7.08. The Bertz CT molecular complexity index is 1300. The molecule has 6 heteroatoms. The summed E-state index contributed by atoms with van der Waals surface area (Å²) < 4.78 is 42.0. The molecule has 0 fully saturated rings. The molecule has 0 aromatic heterocycles. The van der Waals surface area contributed by atoms with Crippen molar-refractivity contribution in [3.8, 4) is 22.6 Å². The van der Waals surface area contributed by atoms with Crippen molar-refractivity contribution >= 4 is 11.5 Å². The standard InChI is InChI=1S/C31H32F2O4/c1-4-20(15-29(34)35)22-13-23(32)16-24(14-22)37-18-28-27(25-12-8-9-19(25)2)17-26(31(36-3)30(28)33)21-10-6-5-7-11-21/h5-7,10-14,16-17,19-20H,4,8-9,15,18H2,1-3H3,(H,34,35)/t19-,20-/m0/s1. The van der Waals surface area contributed by atoms with E-state index in [1.165, 1.54) is 19.2 Å². The molecule has 194 valence electrons. The maximum Gasteiger partial charge on any atom is 0.303 e. The lowest BCUT2D eigenvalue weighted by atomic mass is 9.89. The zero-order valence-electron chi connectivity index (χ0n) is 21.4. The second-order valence-corrected chi connectivity index (χ2v) is 9.51. The Morgan fingerprint density at radius 2 is 1.86 bits per heavy atom. The Hall–Kier alpha value is -3.67. The number of hydrogen-bond donors (Lipinski definition) is 1. The van der Waals surface area contributed by atoms with E-state index in [1.807, 2.05) is 43.3 Å². The Kier molecular flexibility index (Phi) is 8.27. The van der Waals surface area contributed by atoms with Gasteiger partial charge in [-0.25, -0.2) is 8.78 Å². The van der Waals surface area contributed by atoms with E-state index in [0.717, 1.165) is 29.5 Å². The van der Waals surface area contributed by atoms with E-state index < -0.39 is 17.6 Å². The van der Waals surface area contributed by atoms with E-state index in [1.54, 1.807) is 6.07 Å². The lowest BCUT2D eigenvalue weighted by molar-refractivity contribution is -0.137. The van der Waals surface area contributed by atoms with E-state index in [0.29, 0.717) is 23.1 Å². The van der Waals surface area contributed by atoms with E-state index >= 15 is 4.39 Å².